The van der Waals surface area contributed by atoms with E-state index in [1.165, 1.54) is 31.2 Å². The molecule has 0 saturated heterocycles. The van der Waals surface area contributed by atoms with E-state index in [1.54, 1.807) is 6.26 Å². The highest BCUT2D eigenvalue weighted by molar-refractivity contribution is 5.18. The van der Waals surface area contributed by atoms with Gasteiger partial charge in [-0.2, -0.15) is 0 Å². The van der Waals surface area contributed by atoms with Crippen LogP contribution in [0.3, 0.4) is 0 Å². The van der Waals surface area contributed by atoms with Crippen molar-refractivity contribution in [2.75, 3.05) is 0 Å². The molecule has 0 amide bonds. The predicted molar refractivity (Wildman–Crippen MR) is 45.8 cm³/mol. The van der Waals surface area contributed by atoms with Crippen molar-refractivity contribution in [3.63, 3.8) is 0 Å². The fourth-order valence-electron chi connectivity index (χ4n) is 1.95. The molecule has 1 aliphatic rings. The van der Waals surface area contributed by atoms with Crippen molar-refractivity contribution in [2.24, 2.45) is 0 Å². The molecule has 1 heterocycles. The minimum Gasteiger partial charge on any atom is -0.467 e. The zero-order valence-electron chi connectivity index (χ0n) is 7.12. The summed E-state index contributed by atoms with van der Waals surface area (Å²) in [5.41, 5.74) is 1.27. The summed E-state index contributed by atoms with van der Waals surface area (Å²) in [4.78, 5) is 0. The van der Waals surface area contributed by atoms with Gasteiger partial charge in [-0.1, -0.05) is 12.8 Å². The van der Waals surface area contributed by atoms with Gasteiger partial charge in [-0.3, -0.25) is 0 Å². The summed E-state index contributed by atoms with van der Waals surface area (Å²) in [5, 5.41) is 8.80. The fraction of sp³-hybridized carbons (Fsp3) is 0.600. The molecular weight excluding hydrogens is 152 g/mol. The molecule has 1 fully saturated rings. The Balaban J connectivity index is 2.11. The molecular formula is C10H14O2. The third-order valence-corrected chi connectivity index (χ3v) is 2.66. The predicted octanol–water partition coefficient (Wildman–Crippen LogP) is 2.43. The van der Waals surface area contributed by atoms with Crippen molar-refractivity contribution < 1.29 is 9.52 Å². The Labute approximate surface area is 72.2 Å². The van der Waals surface area contributed by atoms with Crippen LogP contribution in [-0.2, 0) is 6.61 Å². The lowest BCUT2D eigenvalue weighted by molar-refractivity contribution is 0.247. The maximum atomic E-state index is 8.80. The highest BCUT2D eigenvalue weighted by atomic mass is 16.4. The van der Waals surface area contributed by atoms with Gasteiger partial charge in [0.15, 0.2) is 0 Å². The molecule has 1 aromatic heterocycles. The van der Waals surface area contributed by atoms with Crippen LogP contribution in [0.1, 0.15) is 42.9 Å². The zero-order valence-corrected chi connectivity index (χ0v) is 7.12. The van der Waals surface area contributed by atoms with Gasteiger partial charge in [-0.25, -0.2) is 0 Å². The molecule has 1 N–H and O–H groups in total. The van der Waals surface area contributed by atoms with Gasteiger partial charge in [0.05, 0.1) is 6.26 Å². The lowest BCUT2D eigenvalue weighted by Crippen LogP contribution is -1.88. The second-order valence-corrected chi connectivity index (χ2v) is 3.49. The van der Waals surface area contributed by atoms with Gasteiger partial charge in [-0.15, -0.1) is 0 Å². The first-order chi connectivity index (χ1) is 5.90. The van der Waals surface area contributed by atoms with Crippen LogP contribution < -0.4 is 0 Å². The number of hydrogen-bond acceptors (Lipinski definition) is 2. The first-order valence-electron chi connectivity index (χ1n) is 4.58. The molecule has 1 saturated carbocycles. The fourth-order valence-corrected chi connectivity index (χ4v) is 1.95. The van der Waals surface area contributed by atoms with Crippen molar-refractivity contribution >= 4 is 0 Å². The van der Waals surface area contributed by atoms with E-state index in [0.29, 0.717) is 11.7 Å². The molecule has 0 unspecified atom stereocenters. The maximum absolute atomic E-state index is 8.80. The maximum Gasteiger partial charge on any atom is 0.129 e. The van der Waals surface area contributed by atoms with Crippen LogP contribution in [0.25, 0.3) is 0 Å². The monoisotopic (exact) mass is 166 g/mol. The van der Waals surface area contributed by atoms with Crippen LogP contribution in [0, 0.1) is 0 Å². The van der Waals surface area contributed by atoms with Crippen LogP contribution in [0.5, 0.6) is 0 Å². The minimum absolute atomic E-state index is 0.0206. The van der Waals surface area contributed by atoms with E-state index in [2.05, 4.69) is 0 Å². The van der Waals surface area contributed by atoms with E-state index in [4.69, 9.17) is 9.52 Å². The molecule has 66 valence electrons. The zero-order chi connectivity index (χ0) is 8.39. The summed E-state index contributed by atoms with van der Waals surface area (Å²) < 4.78 is 5.18. The van der Waals surface area contributed by atoms with Gasteiger partial charge >= 0.3 is 0 Å². The number of furan rings is 1. The summed E-state index contributed by atoms with van der Waals surface area (Å²) >= 11 is 0. The van der Waals surface area contributed by atoms with Crippen molar-refractivity contribution in [3.05, 3.63) is 23.7 Å². The van der Waals surface area contributed by atoms with Gasteiger partial charge in [0, 0.05) is 0 Å². The molecule has 2 heteroatoms. The lowest BCUT2D eigenvalue weighted by Gasteiger charge is -2.02. The van der Waals surface area contributed by atoms with E-state index in [0.717, 1.165) is 0 Å². The Morgan fingerprint density at radius 1 is 1.42 bits per heavy atom. The normalized spacial score (nSPS) is 18.8. The quantitative estimate of drug-likeness (QED) is 0.732. The van der Waals surface area contributed by atoms with E-state index in [-0.39, 0.29) is 6.61 Å². The van der Waals surface area contributed by atoms with Crippen LogP contribution in [0.2, 0.25) is 0 Å². The van der Waals surface area contributed by atoms with Crippen LogP contribution >= 0.6 is 0 Å². The number of hydrogen-bond donors (Lipinski definition) is 1. The molecule has 0 radical (unpaired) electrons. The van der Waals surface area contributed by atoms with Crippen LogP contribution in [0.15, 0.2) is 16.7 Å². The molecule has 0 bridgehead atoms. The average Bonchev–Trinajstić information content (AvgIpc) is 2.75. The topological polar surface area (TPSA) is 33.4 Å². The number of aliphatic hydroxyl groups is 1. The number of rotatable bonds is 2. The standard InChI is InChI=1S/C10H14O2/c11-6-10-5-9(7-12-10)8-3-1-2-4-8/h5,7-8,11H,1-4,6H2. The van der Waals surface area contributed by atoms with Crippen molar-refractivity contribution in [1.29, 1.82) is 0 Å². The van der Waals surface area contributed by atoms with Crippen molar-refractivity contribution in [2.45, 2.75) is 38.2 Å². The minimum atomic E-state index is 0.0206. The third kappa shape index (κ3) is 1.39. The molecule has 1 aliphatic carbocycles. The van der Waals surface area contributed by atoms with Gasteiger partial charge in [0.25, 0.3) is 0 Å². The summed E-state index contributed by atoms with van der Waals surface area (Å²) in [6, 6.07) is 1.98. The van der Waals surface area contributed by atoms with Gasteiger partial charge < -0.3 is 9.52 Å². The van der Waals surface area contributed by atoms with Crippen molar-refractivity contribution in [3.8, 4) is 0 Å². The van der Waals surface area contributed by atoms with E-state index in [9.17, 15) is 0 Å². The summed E-state index contributed by atoms with van der Waals surface area (Å²) in [7, 11) is 0. The van der Waals surface area contributed by atoms with Gasteiger partial charge in [0.1, 0.15) is 12.4 Å². The van der Waals surface area contributed by atoms with Gasteiger partial charge in [-0.05, 0) is 30.4 Å². The van der Waals surface area contributed by atoms with E-state index in [1.807, 2.05) is 6.07 Å². The largest absolute Gasteiger partial charge is 0.467 e. The Bertz CT molecular complexity index is 246. The third-order valence-electron chi connectivity index (χ3n) is 2.66. The molecule has 2 rings (SSSR count). The number of aliphatic hydroxyl groups excluding tert-OH is 1. The lowest BCUT2D eigenvalue weighted by atomic mass is 10.0. The second-order valence-electron chi connectivity index (χ2n) is 3.49. The molecule has 0 aromatic carbocycles. The highest BCUT2D eigenvalue weighted by Crippen LogP contribution is 2.34. The Kier molecular flexibility index (Phi) is 2.17. The molecule has 2 nitrogen and oxygen atoms in total. The second kappa shape index (κ2) is 3.31. The van der Waals surface area contributed by atoms with E-state index < -0.39 is 0 Å². The first kappa shape index (κ1) is 7.87. The van der Waals surface area contributed by atoms with Crippen LogP contribution in [0.4, 0.5) is 0 Å². The molecule has 0 aliphatic heterocycles. The molecule has 12 heavy (non-hydrogen) atoms. The first-order valence-corrected chi connectivity index (χ1v) is 4.58. The summed E-state index contributed by atoms with van der Waals surface area (Å²) in [6.45, 7) is 0.0206. The molecule has 1 aromatic rings. The molecule has 0 atom stereocenters. The average molecular weight is 166 g/mol. The highest BCUT2D eigenvalue weighted by Gasteiger charge is 2.18. The van der Waals surface area contributed by atoms with Crippen molar-refractivity contribution in [1.82, 2.24) is 0 Å². The van der Waals surface area contributed by atoms with Crippen LogP contribution in [-0.4, -0.2) is 5.11 Å². The smallest absolute Gasteiger partial charge is 0.129 e. The SMILES string of the molecule is OCc1cc(C2CCCC2)co1. The van der Waals surface area contributed by atoms with E-state index >= 15 is 0 Å². The van der Waals surface area contributed by atoms with Gasteiger partial charge in [0.2, 0.25) is 0 Å². The Hall–Kier alpha value is -0.760. The summed E-state index contributed by atoms with van der Waals surface area (Å²) in [6.07, 6.45) is 7.03. The Morgan fingerprint density at radius 2 is 2.17 bits per heavy atom. The Morgan fingerprint density at radius 3 is 2.75 bits per heavy atom. The molecule has 0 spiro atoms. The summed E-state index contributed by atoms with van der Waals surface area (Å²) in [5.74, 6) is 1.38.